The molecule has 43 heavy (non-hydrogen) atoms. The topological polar surface area (TPSA) is 47.0 Å². The molecule has 0 radical (unpaired) electrons. The Bertz CT molecular complexity index is 2020. The van der Waals surface area contributed by atoms with Gasteiger partial charge in [-0.2, -0.15) is 0 Å². The number of aromatic nitrogens is 2. The minimum Gasteiger partial charge on any atom is -0.464 e. The first-order valence-corrected chi connectivity index (χ1v) is 14.4. The van der Waals surface area contributed by atoms with Gasteiger partial charge in [-0.3, -0.25) is 0 Å². The van der Waals surface area contributed by atoms with Gasteiger partial charge in [0, 0.05) is 27.6 Å². The van der Waals surface area contributed by atoms with Gasteiger partial charge in [0.1, 0.15) is 0 Å². The summed E-state index contributed by atoms with van der Waals surface area (Å²) in [5.41, 5.74) is 9.19. The van der Waals surface area contributed by atoms with Crippen molar-refractivity contribution in [3.8, 4) is 50.8 Å². The van der Waals surface area contributed by atoms with E-state index in [0.717, 1.165) is 67.0 Å². The van der Waals surface area contributed by atoms with E-state index in [0.29, 0.717) is 5.82 Å². The van der Waals surface area contributed by atoms with Crippen LogP contribution in [0.4, 0.5) is 5.69 Å². The Hall–Kier alpha value is -5.74. The fourth-order valence-corrected chi connectivity index (χ4v) is 5.71. The van der Waals surface area contributed by atoms with Gasteiger partial charge in [-0.15, -0.1) is 0 Å². The van der Waals surface area contributed by atoms with Crippen LogP contribution < -0.4 is 10.1 Å². The molecular formula is C39H27N3O. The van der Waals surface area contributed by atoms with Gasteiger partial charge >= 0.3 is 0 Å². The van der Waals surface area contributed by atoms with E-state index in [1.54, 1.807) is 0 Å². The van der Waals surface area contributed by atoms with Crippen LogP contribution in [0.15, 0.2) is 152 Å². The van der Waals surface area contributed by atoms with E-state index in [9.17, 15) is 0 Å². The van der Waals surface area contributed by atoms with Crippen LogP contribution in [-0.4, -0.2) is 9.97 Å². The Morgan fingerprint density at radius 2 is 1.07 bits per heavy atom. The molecule has 204 valence electrons. The fraction of sp³-hybridized carbons (Fsp3) is 0.0256. The Kier molecular flexibility index (Phi) is 6.16. The normalized spacial score (nSPS) is 13.7. The molecule has 1 aromatic heterocycles. The van der Waals surface area contributed by atoms with Crippen molar-refractivity contribution < 1.29 is 4.74 Å². The Morgan fingerprint density at radius 3 is 1.77 bits per heavy atom. The van der Waals surface area contributed by atoms with Gasteiger partial charge in [-0.1, -0.05) is 127 Å². The molecule has 4 nitrogen and oxygen atoms in total. The summed E-state index contributed by atoms with van der Waals surface area (Å²) in [6.45, 7) is 0. The average molecular weight is 554 g/mol. The maximum Gasteiger partial charge on any atom is 0.196 e. The fourth-order valence-electron chi connectivity index (χ4n) is 5.71. The van der Waals surface area contributed by atoms with E-state index >= 15 is 0 Å². The summed E-state index contributed by atoms with van der Waals surface area (Å²) in [6, 6.07) is 52.2. The highest BCUT2D eigenvalue weighted by atomic mass is 16.5. The molecule has 6 aromatic carbocycles. The van der Waals surface area contributed by atoms with Gasteiger partial charge < -0.3 is 10.1 Å². The highest BCUT2D eigenvalue weighted by Gasteiger charge is 2.25. The molecular weight excluding hydrogens is 526 g/mol. The summed E-state index contributed by atoms with van der Waals surface area (Å²) in [7, 11) is 0. The van der Waals surface area contributed by atoms with Crippen LogP contribution in [0.1, 0.15) is 11.8 Å². The third-order valence-electron chi connectivity index (χ3n) is 7.92. The Morgan fingerprint density at radius 1 is 0.488 bits per heavy atom. The highest BCUT2D eigenvalue weighted by molar-refractivity contribution is 5.97. The van der Waals surface area contributed by atoms with E-state index in [-0.39, 0.29) is 6.23 Å². The van der Waals surface area contributed by atoms with Crippen molar-refractivity contribution in [2.24, 2.45) is 0 Å². The Balaban J connectivity index is 1.20. The molecule has 0 spiro atoms. The van der Waals surface area contributed by atoms with Crippen LogP contribution in [0.25, 0.3) is 55.8 Å². The largest absolute Gasteiger partial charge is 0.464 e. The van der Waals surface area contributed by atoms with Crippen LogP contribution in [0, 0.1) is 0 Å². The lowest BCUT2D eigenvalue weighted by Gasteiger charge is -2.12. The van der Waals surface area contributed by atoms with Crippen molar-refractivity contribution in [1.29, 1.82) is 0 Å². The number of hydrogen-bond donors (Lipinski definition) is 1. The van der Waals surface area contributed by atoms with E-state index in [2.05, 4.69) is 102 Å². The first-order valence-electron chi connectivity index (χ1n) is 14.4. The maximum atomic E-state index is 6.47. The van der Waals surface area contributed by atoms with Crippen molar-refractivity contribution >= 4 is 16.5 Å². The SMILES string of the molecule is c1ccc(-c2cc(-c3ccccc3)nc(-c3cccc(-c4ccc5ccc6c(c5c4)OC(c4ccccc4)N6)c3)n2)cc1. The molecule has 4 heteroatoms. The molecule has 0 aliphatic carbocycles. The van der Waals surface area contributed by atoms with Crippen LogP contribution in [0.2, 0.25) is 0 Å². The number of hydrogen-bond acceptors (Lipinski definition) is 4. The zero-order chi connectivity index (χ0) is 28.6. The molecule has 8 rings (SSSR count). The van der Waals surface area contributed by atoms with E-state index in [1.165, 1.54) is 0 Å². The molecule has 0 saturated heterocycles. The standard InChI is InChI=1S/C39H27N3O/c1-4-11-27(12-5-1)35-25-36(28-13-6-2-7-14-28)41-38(40-35)32-18-10-17-30(23-32)31-20-19-26-21-22-34-37(33(26)24-31)43-39(42-34)29-15-8-3-9-16-29/h1-25,39,42H. The number of nitrogens with zero attached hydrogens (tertiary/aromatic N) is 2. The molecule has 1 aliphatic heterocycles. The molecule has 1 aliphatic rings. The number of fused-ring (bicyclic) bond motifs is 3. The number of rotatable bonds is 5. The quantitative estimate of drug-likeness (QED) is 0.230. The molecule has 1 N–H and O–H groups in total. The van der Waals surface area contributed by atoms with Crippen LogP contribution in [-0.2, 0) is 0 Å². The molecule has 0 bridgehead atoms. The van der Waals surface area contributed by atoms with Crippen LogP contribution in [0.5, 0.6) is 5.75 Å². The number of benzene rings is 6. The summed E-state index contributed by atoms with van der Waals surface area (Å²) in [5, 5.41) is 5.75. The third kappa shape index (κ3) is 4.79. The summed E-state index contributed by atoms with van der Waals surface area (Å²) < 4.78 is 6.47. The molecule has 0 saturated carbocycles. The van der Waals surface area contributed by atoms with Crippen molar-refractivity contribution in [2.75, 3.05) is 5.32 Å². The van der Waals surface area contributed by atoms with Gasteiger partial charge in [-0.25, -0.2) is 9.97 Å². The lowest BCUT2D eigenvalue weighted by atomic mass is 9.98. The lowest BCUT2D eigenvalue weighted by Crippen LogP contribution is -2.09. The first kappa shape index (κ1) is 25.0. The second-order valence-corrected chi connectivity index (χ2v) is 10.7. The molecule has 0 amide bonds. The zero-order valence-corrected chi connectivity index (χ0v) is 23.3. The zero-order valence-electron chi connectivity index (χ0n) is 23.3. The van der Waals surface area contributed by atoms with E-state index < -0.39 is 0 Å². The van der Waals surface area contributed by atoms with Crippen molar-refractivity contribution in [2.45, 2.75) is 6.23 Å². The average Bonchev–Trinajstić information content (AvgIpc) is 3.54. The summed E-state index contributed by atoms with van der Waals surface area (Å²) in [4.78, 5) is 10.1. The molecule has 7 aromatic rings. The Labute approximate surface area is 250 Å². The monoisotopic (exact) mass is 553 g/mol. The second kappa shape index (κ2) is 10.6. The van der Waals surface area contributed by atoms with Crippen LogP contribution in [0.3, 0.4) is 0 Å². The summed E-state index contributed by atoms with van der Waals surface area (Å²) >= 11 is 0. The lowest BCUT2D eigenvalue weighted by molar-refractivity contribution is 0.262. The van der Waals surface area contributed by atoms with Gasteiger partial charge in [0.2, 0.25) is 0 Å². The predicted molar refractivity (Wildman–Crippen MR) is 175 cm³/mol. The molecule has 1 atom stereocenters. The summed E-state index contributed by atoms with van der Waals surface area (Å²) in [5.74, 6) is 1.58. The van der Waals surface area contributed by atoms with Crippen LogP contribution >= 0.6 is 0 Å². The first-order chi connectivity index (χ1) is 21.3. The minimum atomic E-state index is -0.207. The van der Waals surface area contributed by atoms with E-state index in [1.807, 2.05) is 54.6 Å². The van der Waals surface area contributed by atoms with Gasteiger partial charge in [-0.05, 0) is 40.8 Å². The van der Waals surface area contributed by atoms with E-state index in [4.69, 9.17) is 14.7 Å². The smallest absolute Gasteiger partial charge is 0.196 e. The summed E-state index contributed by atoms with van der Waals surface area (Å²) in [6.07, 6.45) is -0.207. The highest BCUT2D eigenvalue weighted by Crippen LogP contribution is 2.44. The number of ether oxygens (including phenoxy) is 1. The minimum absolute atomic E-state index is 0.207. The van der Waals surface area contributed by atoms with Crippen molar-refractivity contribution in [3.05, 3.63) is 157 Å². The number of nitrogens with one attached hydrogen (secondary N) is 1. The van der Waals surface area contributed by atoms with Crippen molar-refractivity contribution in [1.82, 2.24) is 9.97 Å². The van der Waals surface area contributed by atoms with Gasteiger partial charge in [0.25, 0.3) is 0 Å². The maximum absolute atomic E-state index is 6.47. The molecule has 2 heterocycles. The predicted octanol–water partition coefficient (Wildman–Crippen LogP) is 9.80. The van der Waals surface area contributed by atoms with Gasteiger partial charge in [0.05, 0.1) is 17.1 Å². The van der Waals surface area contributed by atoms with Crippen molar-refractivity contribution in [3.63, 3.8) is 0 Å². The third-order valence-corrected chi connectivity index (χ3v) is 7.92. The second-order valence-electron chi connectivity index (χ2n) is 10.7. The van der Waals surface area contributed by atoms with Gasteiger partial charge in [0.15, 0.2) is 17.8 Å². The molecule has 1 unspecified atom stereocenters. The molecule has 0 fully saturated rings. The number of anilines is 1.